The van der Waals surface area contributed by atoms with Crippen molar-refractivity contribution >= 4 is 0 Å². The number of nitrogens with one attached hydrogen (secondary N) is 1. The highest BCUT2D eigenvalue weighted by molar-refractivity contribution is 4.94. The van der Waals surface area contributed by atoms with Gasteiger partial charge in [0.05, 0.1) is 0 Å². The molecule has 1 heterocycles. The van der Waals surface area contributed by atoms with Gasteiger partial charge in [-0.2, -0.15) is 0 Å². The Labute approximate surface area is 88.4 Å². The van der Waals surface area contributed by atoms with Crippen LogP contribution in [0.4, 0.5) is 0 Å². The highest BCUT2D eigenvalue weighted by Crippen LogP contribution is 2.10. The second-order valence-corrected chi connectivity index (χ2v) is 4.53. The minimum Gasteiger partial charge on any atom is -0.312 e. The van der Waals surface area contributed by atoms with Crippen LogP contribution >= 0.6 is 0 Å². The maximum absolute atomic E-state index is 3.48. The molecule has 0 bridgehead atoms. The Hall–Kier alpha value is -0.340. The predicted molar refractivity (Wildman–Crippen MR) is 62.6 cm³/mol. The highest BCUT2D eigenvalue weighted by atomic mass is 15.2. The van der Waals surface area contributed by atoms with Crippen molar-refractivity contribution in [2.24, 2.45) is 0 Å². The van der Waals surface area contributed by atoms with Gasteiger partial charge in [0, 0.05) is 19.1 Å². The van der Waals surface area contributed by atoms with Crippen LogP contribution in [0, 0.1) is 0 Å². The molecule has 1 atom stereocenters. The third kappa shape index (κ3) is 4.25. The van der Waals surface area contributed by atoms with Crippen LogP contribution < -0.4 is 5.32 Å². The lowest BCUT2D eigenvalue weighted by atomic mass is 10.3. The number of hydrogen-bond acceptors (Lipinski definition) is 2. The Kier molecular flexibility index (Phi) is 5.20. The van der Waals surface area contributed by atoms with E-state index in [-0.39, 0.29) is 0 Å². The molecular weight excluding hydrogens is 172 g/mol. The summed E-state index contributed by atoms with van der Waals surface area (Å²) in [6, 6.07) is 0.697. The van der Waals surface area contributed by atoms with Gasteiger partial charge in [0.15, 0.2) is 0 Å². The van der Waals surface area contributed by atoms with Crippen molar-refractivity contribution in [3.63, 3.8) is 0 Å². The number of likely N-dealkylation sites (tertiary alicyclic amines) is 1. The topological polar surface area (TPSA) is 15.3 Å². The normalized spacial score (nSPS) is 19.6. The molecule has 0 aromatic carbocycles. The number of rotatable bonds is 5. The van der Waals surface area contributed by atoms with Crippen LogP contribution in [-0.2, 0) is 0 Å². The van der Waals surface area contributed by atoms with Gasteiger partial charge in [0.25, 0.3) is 0 Å². The van der Waals surface area contributed by atoms with E-state index in [1.807, 2.05) is 0 Å². The van der Waals surface area contributed by atoms with E-state index in [0.29, 0.717) is 6.04 Å². The van der Waals surface area contributed by atoms with Crippen LogP contribution in [0.5, 0.6) is 0 Å². The van der Waals surface area contributed by atoms with Gasteiger partial charge in [0.2, 0.25) is 0 Å². The lowest BCUT2D eigenvalue weighted by molar-refractivity contribution is 0.254. The van der Waals surface area contributed by atoms with Crippen molar-refractivity contribution in [3.05, 3.63) is 11.6 Å². The fourth-order valence-corrected chi connectivity index (χ4v) is 1.88. The largest absolute Gasteiger partial charge is 0.312 e. The van der Waals surface area contributed by atoms with E-state index >= 15 is 0 Å². The summed E-state index contributed by atoms with van der Waals surface area (Å²) >= 11 is 0. The summed E-state index contributed by atoms with van der Waals surface area (Å²) in [5.41, 5.74) is 1.39. The van der Waals surface area contributed by atoms with Crippen LogP contribution in [0.15, 0.2) is 11.6 Å². The Morgan fingerprint density at radius 1 is 1.36 bits per heavy atom. The van der Waals surface area contributed by atoms with E-state index in [4.69, 9.17) is 0 Å². The first kappa shape index (κ1) is 11.7. The molecule has 0 aromatic heterocycles. The van der Waals surface area contributed by atoms with E-state index in [1.54, 1.807) is 0 Å². The summed E-state index contributed by atoms with van der Waals surface area (Å²) in [6.45, 7) is 11.3. The predicted octanol–water partition coefficient (Wildman–Crippen LogP) is 2.03. The number of allylic oxidation sites excluding steroid dienone is 1. The summed E-state index contributed by atoms with van der Waals surface area (Å²) in [4.78, 5) is 2.58. The molecule has 2 heteroatoms. The fraction of sp³-hybridized carbons (Fsp3) is 0.833. The molecule has 1 rings (SSSR count). The maximum atomic E-state index is 3.48. The Balaban J connectivity index is 2.08. The average molecular weight is 196 g/mol. The molecule has 0 saturated carbocycles. The molecule has 0 spiro atoms. The second-order valence-electron chi connectivity index (χ2n) is 4.53. The van der Waals surface area contributed by atoms with Gasteiger partial charge in [-0.25, -0.2) is 0 Å². The molecule has 1 unspecified atom stereocenters. The van der Waals surface area contributed by atoms with Crippen molar-refractivity contribution in [1.29, 1.82) is 0 Å². The van der Waals surface area contributed by atoms with E-state index in [9.17, 15) is 0 Å². The first-order chi connectivity index (χ1) is 6.70. The summed E-state index contributed by atoms with van der Waals surface area (Å²) in [5.74, 6) is 0. The molecule has 0 amide bonds. The zero-order chi connectivity index (χ0) is 10.4. The molecule has 0 aliphatic carbocycles. The zero-order valence-electron chi connectivity index (χ0n) is 9.84. The molecule has 1 fully saturated rings. The van der Waals surface area contributed by atoms with Gasteiger partial charge in [-0.1, -0.05) is 11.6 Å². The van der Waals surface area contributed by atoms with Gasteiger partial charge in [-0.05, 0) is 46.7 Å². The quantitative estimate of drug-likeness (QED) is 0.534. The van der Waals surface area contributed by atoms with Crippen molar-refractivity contribution < 1.29 is 0 Å². The van der Waals surface area contributed by atoms with Crippen molar-refractivity contribution in [1.82, 2.24) is 10.2 Å². The van der Waals surface area contributed by atoms with Crippen LogP contribution in [0.2, 0.25) is 0 Å². The molecule has 1 aliphatic rings. The van der Waals surface area contributed by atoms with Gasteiger partial charge >= 0.3 is 0 Å². The number of hydrogen-bond donors (Lipinski definition) is 1. The fourth-order valence-electron chi connectivity index (χ4n) is 1.88. The van der Waals surface area contributed by atoms with E-state index in [0.717, 1.165) is 13.1 Å². The first-order valence-electron chi connectivity index (χ1n) is 5.78. The lowest BCUT2D eigenvalue weighted by Crippen LogP contribution is -2.38. The Morgan fingerprint density at radius 3 is 2.57 bits per heavy atom. The highest BCUT2D eigenvalue weighted by Gasteiger charge is 2.16. The molecule has 0 radical (unpaired) electrons. The smallest absolute Gasteiger partial charge is 0.0192 e. The minimum absolute atomic E-state index is 0.697. The van der Waals surface area contributed by atoms with Crippen molar-refractivity contribution in [2.45, 2.75) is 39.7 Å². The Morgan fingerprint density at radius 2 is 2.00 bits per heavy atom. The van der Waals surface area contributed by atoms with Gasteiger partial charge < -0.3 is 5.32 Å². The van der Waals surface area contributed by atoms with Gasteiger partial charge in [0.1, 0.15) is 0 Å². The van der Waals surface area contributed by atoms with Gasteiger partial charge in [-0.3, -0.25) is 4.90 Å². The summed E-state index contributed by atoms with van der Waals surface area (Å²) in [6.07, 6.45) is 5.02. The van der Waals surface area contributed by atoms with Crippen LogP contribution in [0.3, 0.4) is 0 Å². The molecule has 14 heavy (non-hydrogen) atoms. The molecule has 1 N–H and O–H groups in total. The van der Waals surface area contributed by atoms with E-state index in [1.165, 1.54) is 31.5 Å². The van der Waals surface area contributed by atoms with E-state index in [2.05, 4.69) is 37.1 Å². The summed E-state index contributed by atoms with van der Waals surface area (Å²) < 4.78 is 0. The van der Waals surface area contributed by atoms with Crippen LogP contribution in [-0.4, -0.2) is 37.1 Å². The van der Waals surface area contributed by atoms with Crippen LogP contribution in [0.25, 0.3) is 0 Å². The maximum Gasteiger partial charge on any atom is 0.0192 e. The molecular formula is C12H24N2. The second kappa shape index (κ2) is 6.20. The van der Waals surface area contributed by atoms with Crippen molar-refractivity contribution in [2.75, 3.05) is 26.2 Å². The van der Waals surface area contributed by atoms with Crippen LogP contribution in [0.1, 0.15) is 33.6 Å². The van der Waals surface area contributed by atoms with Gasteiger partial charge in [-0.15, -0.1) is 0 Å². The molecule has 1 saturated heterocycles. The monoisotopic (exact) mass is 196 g/mol. The number of nitrogens with zero attached hydrogens (tertiary/aromatic N) is 1. The average Bonchev–Trinajstić information content (AvgIpc) is 2.64. The molecule has 0 aromatic rings. The minimum atomic E-state index is 0.697. The van der Waals surface area contributed by atoms with E-state index < -0.39 is 0 Å². The molecule has 82 valence electrons. The summed E-state index contributed by atoms with van der Waals surface area (Å²) in [7, 11) is 0. The first-order valence-corrected chi connectivity index (χ1v) is 5.78. The van der Waals surface area contributed by atoms with Crippen molar-refractivity contribution in [3.8, 4) is 0 Å². The Bertz CT molecular complexity index is 177. The summed E-state index contributed by atoms with van der Waals surface area (Å²) in [5, 5.41) is 3.48. The third-order valence-electron chi connectivity index (χ3n) is 2.86. The molecule has 1 aliphatic heterocycles. The standard InChI is InChI=1S/C12H24N2/c1-11(2)6-7-13-10-12(3)14-8-4-5-9-14/h6,12-13H,4-5,7-10H2,1-3H3. The zero-order valence-corrected chi connectivity index (χ0v) is 9.84. The third-order valence-corrected chi connectivity index (χ3v) is 2.86. The lowest BCUT2D eigenvalue weighted by Gasteiger charge is -2.23. The molecule has 2 nitrogen and oxygen atoms in total. The SMILES string of the molecule is CC(C)=CCNCC(C)N1CCCC1.